The van der Waals surface area contributed by atoms with Gasteiger partial charge in [-0.25, -0.2) is 9.97 Å². The molecule has 0 radical (unpaired) electrons. The summed E-state index contributed by atoms with van der Waals surface area (Å²) in [5.74, 6) is 1.52. The van der Waals surface area contributed by atoms with Crippen molar-refractivity contribution in [2.75, 3.05) is 11.9 Å². The zero-order valence-corrected chi connectivity index (χ0v) is 18.2. The number of hydrogen-bond acceptors (Lipinski definition) is 3. The molecule has 0 unspecified atom stereocenters. The van der Waals surface area contributed by atoms with Gasteiger partial charge in [0.05, 0.1) is 11.1 Å². The van der Waals surface area contributed by atoms with Crippen LogP contribution in [0.25, 0.3) is 22.3 Å². The largest absolute Gasteiger partial charge is 0.416 e. The molecule has 29 heavy (non-hydrogen) atoms. The highest BCUT2D eigenvalue weighted by molar-refractivity contribution is 9.10. The van der Waals surface area contributed by atoms with Crippen LogP contribution in [0, 0.1) is 12.8 Å². The van der Waals surface area contributed by atoms with E-state index in [1.165, 1.54) is 0 Å². The second-order valence-corrected chi connectivity index (χ2v) is 8.47. The predicted octanol–water partition coefficient (Wildman–Crippen LogP) is 7.23. The molecule has 3 aromatic rings. The summed E-state index contributed by atoms with van der Waals surface area (Å²) < 4.78 is 40.1. The topological polar surface area (TPSA) is 37.8 Å². The first kappa shape index (κ1) is 21.6. The van der Waals surface area contributed by atoms with Crippen LogP contribution in [0.5, 0.6) is 0 Å². The van der Waals surface area contributed by atoms with Crippen LogP contribution >= 0.6 is 15.9 Å². The minimum Gasteiger partial charge on any atom is -0.369 e. The van der Waals surface area contributed by atoms with Gasteiger partial charge in [0.2, 0.25) is 0 Å². The van der Waals surface area contributed by atoms with Crippen molar-refractivity contribution >= 4 is 32.7 Å². The normalized spacial score (nSPS) is 12.0. The Balaban J connectivity index is 2.07. The maximum Gasteiger partial charge on any atom is 0.416 e. The number of nitrogens with one attached hydrogen (secondary N) is 1. The molecule has 3 rings (SSSR count). The molecule has 0 bridgehead atoms. The van der Waals surface area contributed by atoms with E-state index in [0.717, 1.165) is 48.0 Å². The highest BCUT2D eigenvalue weighted by Crippen LogP contribution is 2.35. The number of halogens is 4. The molecule has 3 nitrogen and oxygen atoms in total. The van der Waals surface area contributed by atoms with E-state index in [2.05, 4.69) is 45.1 Å². The van der Waals surface area contributed by atoms with Crippen molar-refractivity contribution < 1.29 is 13.2 Å². The summed E-state index contributed by atoms with van der Waals surface area (Å²) in [6.07, 6.45) is -2.37. The minimum atomic E-state index is -4.44. The number of para-hydroxylation sites is 1. The fourth-order valence-corrected chi connectivity index (χ4v) is 3.65. The van der Waals surface area contributed by atoms with Crippen molar-refractivity contribution in [2.45, 2.75) is 39.8 Å². The fraction of sp³-hybridized carbons (Fsp3) is 0.364. The van der Waals surface area contributed by atoms with E-state index in [0.29, 0.717) is 21.8 Å². The van der Waals surface area contributed by atoms with Gasteiger partial charge in [-0.15, -0.1) is 0 Å². The maximum absolute atomic E-state index is 13.3. The van der Waals surface area contributed by atoms with Gasteiger partial charge < -0.3 is 5.32 Å². The summed E-state index contributed by atoms with van der Waals surface area (Å²) in [4.78, 5) is 9.17. The Labute approximate surface area is 176 Å². The number of anilines is 1. The van der Waals surface area contributed by atoms with Crippen molar-refractivity contribution in [3.05, 3.63) is 52.0 Å². The summed E-state index contributed by atoms with van der Waals surface area (Å²) in [5.41, 5.74) is 1.27. The molecule has 2 aromatic carbocycles. The molecule has 0 atom stereocenters. The lowest BCUT2D eigenvalue weighted by atomic mass is 10.1. The second-order valence-electron chi connectivity index (χ2n) is 7.56. The van der Waals surface area contributed by atoms with Gasteiger partial charge in [0.25, 0.3) is 0 Å². The van der Waals surface area contributed by atoms with E-state index >= 15 is 0 Å². The van der Waals surface area contributed by atoms with Crippen LogP contribution in [0.1, 0.15) is 37.8 Å². The van der Waals surface area contributed by atoms with Gasteiger partial charge in [0.15, 0.2) is 5.82 Å². The summed E-state index contributed by atoms with van der Waals surface area (Å²) >= 11 is 3.18. The summed E-state index contributed by atoms with van der Waals surface area (Å²) in [6, 6.07) is 9.55. The van der Waals surface area contributed by atoms with Crippen LogP contribution in [0.3, 0.4) is 0 Å². The number of rotatable bonds is 6. The number of benzene rings is 2. The minimum absolute atomic E-state index is 0.268. The van der Waals surface area contributed by atoms with Gasteiger partial charge in [-0.2, -0.15) is 13.2 Å². The van der Waals surface area contributed by atoms with Gasteiger partial charge in [-0.3, -0.25) is 0 Å². The van der Waals surface area contributed by atoms with E-state index in [1.807, 2.05) is 25.1 Å². The third-order valence-corrected chi connectivity index (χ3v) is 5.12. The molecule has 1 aromatic heterocycles. The zero-order chi connectivity index (χ0) is 21.2. The molecule has 0 aliphatic heterocycles. The molecule has 0 spiro atoms. The Morgan fingerprint density at radius 1 is 1.10 bits per heavy atom. The number of hydrogen-bond donors (Lipinski definition) is 1. The lowest BCUT2D eigenvalue weighted by molar-refractivity contribution is -0.137. The van der Waals surface area contributed by atoms with Crippen molar-refractivity contribution in [1.82, 2.24) is 9.97 Å². The monoisotopic (exact) mass is 465 g/mol. The number of aryl methyl sites for hydroxylation is 1. The van der Waals surface area contributed by atoms with E-state index < -0.39 is 11.7 Å². The third-order valence-electron chi connectivity index (χ3n) is 4.66. The lowest BCUT2D eigenvalue weighted by Crippen LogP contribution is -2.08. The third kappa shape index (κ3) is 5.26. The smallest absolute Gasteiger partial charge is 0.369 e. The predicted molar refractivity (Wildman–Crippen MR) is 115 cm³/mol. The number of nitrogens with zero attached hydrogens (tertiary/aromatic N) is 2. The molecule has 0 saturated heterocycles. The van der Waals surface area contributed by atoms with E-state index in [-0.39, 0.29) is 5.82 Å². The average molecular weight is 466 g/mol. The van der Waals surface area contributed by atoms with Crippen LogP contribution < -0.4 is 5.32 Å². The molecule has 0 amide bonds. The Kier molecular flexibility index (Phi) is 6.46. The fourth-order valence-electron chi connectivity index (χ4n) is 3.16. The molecule has 1 heterocycles. The highest BCUT2D eigenvalue weighted by Gasteiger charge is 2.31. The van der Waals surface area contributed by atoms with Crippen molar-refractivity contribution in [3.63, 3.8) is 0 Å². The van der Waals surface area contributed by atoms with Crippen molar-refractivity contribution in [3.8, 4) is 11.4 Å². The van der Waals surface area contributed by atoms with Crippen molar-refractivity contribution in [2.24, 2.45) is 5.92 Å². The molecule has 0 saturated carbocycles. The number of fused-ring (bicyclic) bond motifs is 1. The van der Waals surface area contributed by atoms with Crippen molar-refractivity contribution in [1.29, 1.82) is 0 Å². The van der Waals surface area contributed by atoms with E-state index in [9.17, 15) is 13.2 Å². The van der Waals surface area contributed by atoms with Crippen LogP contribution in [0.2, 0.25) is 0 Å². The Morgan fingerprint density at radius 2 is 1.86 bits per heavy atom. The number of aromatic nitrogens is 2. The summed E-state index contributed by atoms with van der Waals surface area (Å²) in [7, 11) is 0. The molecule has 1 N–H and O–H groups in total. The van der Waals surface area contributed by atoms with Crippen LogP contribution in [0.15, 0.2) is 40.9 Å². The average Bonchev–Trinajstić information content (AvgIpc) is 2.64. The molecule has 154 valence electrons. The highest BCUT2D eigenvalue weighted by atomic mass is 79.9. The molecule has 0 aliphatic carbocycles. The van der Waals surface area contributed by atoms with Crippen LogP contribution in [0.4, 0.5) is 19.0 Å². The van der Waals surface area contributed by atoms with Crippen LogP contribution in [-0.4, -0.2) is 16.5 Å². The first-order chi connectivity index (χ1) is 13.6. The maximum atomic E-state index is 13.3. The molecular formula is C22H23BrF3N3. The molecular weight excluding hydrogens is 443 g/mol. The van der Waals surface area contributed by atoms with Gasteiger partial charge >= 0.3 is 6.18 Å². The first-order valence-corrected chi connectivity index (χ1v) is 10.3. The second kappa shape index (κ2) is 8.69. The quantitative estimate of drug-likeness (QED) is 0.390. The Bertz CT molecular complexity index is 1020. The van der Waals surface area contributed by atoms with Gasteiger partial charge in [-0.1, -0.05) is 41.9 Å². The number of alkyl halides is 3. The lowest BCUT2D eigenvalue weighted by Gasteiger charge is -2.14. The van der Waals surface area contributed by atoms with E-state index in [4.69, 9.17) is 0 Å². The Hall–Kier alpha value is -2.15. The zero-order valence-electron chi connectivity index (χ0n) is 16.6. The standard InChI is InChI=1S/C22H23BrF3N3/c1-13(2)6-5-9-27-21-18-8-4-7-14(3)19(18)28-20(29-21)15-10-16(22(24,25)26)12-17(23)11-15/h4,7-8,10-13H,5-6,9H2,1-3H3,(H,27,28,29). The van der Waals surface area contributed by atoms with Gasteiger partial charge in [0, 0.05) is 22.0 Å². The van der Waals surface area contributed by atoms with Gasteiger partial charge in [-0.05, 0) is 55.5 Å². The summed E-state index contributed by atoms with van der Waals surface area (Å²) in [5, 5.41) is 4.22. The molecule has 0 aliphatic rings. The van der Waals surface area contributed by atoms with Gasteiger partial charge in [0.1, 0.15) is 5.82 Å². The summed E-state index contributed by atoms with van der Waals surface area (Å²) in [6.45, 7) is 7.02. The Morgan fingerprint density at radius 3 is 2.55 bits per heavy atom. The molecule has 0 fully saturated rings. The first-order valence-electron chi connectivity index (χ1n) is 9.54. The van der Waals surface area contributed by atoms with E-state index in [1.54, 1.807) is 6.07 Å². The SMILES string of the molecule is Cc1cccc2c(NCCCC(C)C)nc(-c3cc(Br)cc(C(F)(F)F)c3)nc12. The molecule has 7 heteroatoms. The van der Waals surface area contributed by atoms with Crippen LogP contribution in [-0.2, 0) is 6.18 Å².